The number of aromatic nitrogens is 2. The van der Waals surface area contributed by atoms with Crippen molar-refractivity contribution in [2.75, 3.05) is 0 Å². The number of amides is 1. The predicted molar refractivity (Wildman–Crippen MR) is 122 cm³/mol. The Kier molecular flexibility index (Phi) is 7.76. The third-order valence-corrected chi connectivity index (χ3v) is 6.55. The van der Waals surface area contributed by atoms with Crippen molar-refractivity contribution >= 4 is 23.0 Å². The number of halogens is 3. The fourth-order valence-electron chi connectivity index (χ4n) is 3.24. The first-order chi connectivity index (χ1) is 15.5. The number of benzene rings is 1. The highest BCUT2D eigenvalue weighted by Gasteiger charge is 2.32. The zero-order valence-corrected chi connectivity index (χ0v) is 20.1. The third-order valence-electron chi connectivity index (χ3n) is 5.17. The van der Waals surface area contributed by atoms with E-state index in [0.717, 1.165) is 67.4 Å². The monoisotopic (exact) mass is 482 g/mol. The van der Waals surface area contributed by atoms with Gasteiger partial charge in [-0.05, 0) is 50.3 Å². The lowest BCUT2D eigenvalue weighted by molar-refractivity contribution is -0.137. The maximum absolute atomic E-state index is 13.3. The normalized spacial score (nSPS) is 15.2. The van der Waals surface area contributed by atoms with Gasteiger partial charge >= 0.3 is 6.18 Å². The fourth-order valence-corrected chi connectivity index (χ4v) is 4.22. The molecule has 1 aromatic carbocycles. The van der Waals surface area contributed by atoms with E-state index in [1.807, 2.05) is 27.7 Å². The van der Waals surface area contributed by atoms with Gasteiger partial charge in [0.1, 0.15) is 5.01 Å². The summed E-state index contributed by atoms with van der Waals surface area (Å²) in [5.74, 6) is -0.867. The van der Waals surface area contributed by atoms with Gasteiger partial charge in [-0.25, -0.2) is 4.68 Å². The molecule has 1 aromatic heterocycles. The second kappa shape index (κ2) is 10.2. The van der Waals surface area contributed by atoms with E-state index >= 15 is 0 Å². The minimum Gasteiger partial charge on any atom is -0.356 e. The molecule has 1 amide bonds. The van der Waals surface area contributed by atoms with Gasteiger partial charge in [0, 0.05) is 12.0 Å². The highest BCUT2D eigenvalue weighted by molar-refractivity contribution is 7.09. The molecule has 1 saturated carbocycles. The number of hydrogen-bond acceptors (Lipinski definition) is 5. The van der Waals surface area contributed by atoms with Crippen LogP contribution in [0.15, 0.2) is 28.3 Å². The molecule has 0 radical (unpaired) electrons. The molecule has 33 heavy (non-hydrogen) atoms. The second-order valence-electron chi connectivity index (χ2n) is 9.10. The van der Waals surface area contributed by atoms with E-state index in [4.69, 9.17) is 4.84 Å². The van der Waals surface area contributed by atoms with Gasteiger partial charge in [-0.2, -0.15) is 23.3 Å². The Morgan fingerprint density at radius 3 is 2.52 bits per heavy atom. The van der Waals surface area contributed by atoms with Crippen LogP contribution in [0.5, 0.6) is 5.75 Å². The molecule has 0 aliphatic heterocycles. The van der Waals surface area contributed by atoms with Gasteiger partial charge in [0.25, 0.3) is 5.91 Å². The smallest absolute Gasteiger partial charge is 0.356 e. The highest BCUT2D eigenvalue weighted by Crippen LogP contribution is 2.33. The van der Waals surface area contributed by atoms with Crippen molar-refractivity contribution in [2.24, 2.45) is 10.1 Å². The first-order valence-electron chi connectivity index (χ1n) is 11.1. The zero-order chi connectivity index (χ0) is 24.2. The van der Waals surface area contributed by atoms with Crippen LogP contribution in [0.4, 0.5) is 13.2 Å². The molecule has 0 N–H and O–H groups in total. The number of carbonyl (C=O) groups excluding carboxylic acids is 1. The maximum atomic E-state index is 13.3. The lowest BCUT2D eigenvalue weighted by atomic mass is 9.98. The lowest BCUT2D eigenvalue weighted by Gasteiger charge is -2.12. The lowest BCUT2D eigenvalue weighted by Crippen LogP contribution is -2.19. The standard InChI is InChI=1S/C23H29F3N4O2S/c1-5-6-13-30-21(33-20(28-30)22(2,3)4)27-19(31)17-14-15(23(24,25)26)11-12-18(17)32-29-16-9-7-8-10-16/h11-12,14H,5-10,13H2,1-4H3. The van der Waals surface area contributed by atoms with Gasteiger partial charge in [-0.1, -0.05) is 50.6 Å². The highest BCUT2D eigenvalue weighted by atomic mass is 32.1. The van der Waals surface area contributed by atoms with E-state index in [-0.39, 0.29) is 16.7 Å². The Balaban J connectivity index is 2.04. The zero-order valence-electron chi connectivity index (χ0n) is 19.3. The summed E-state index contributed by atoms with van der Waals surface area (Å²) >= 11 is 1.26. The molecular weight excluding hydrogens is 453 g/mol. The molecule has 180 valence electrons. The van der Waals surface area contributed by atoms with Crippen LogP contribution in [-0.2, 0) is 18.1 Å². The van der Waals surface area contributed by atoms with Crippen LogP contribution in [0.2, 0.25) is 0 Å². The van der Waals surface area contributed by atoms with Crippen molar-refractivity contribution in [1.29, 1.82) is 0 Å². The van der Waals surface area contributed by atoms with Gasteiger partial charge < -0.3 is 4.84 Å². The Hall–Kier alpha value is -2.49. The van der Waals surface area contributed by atoms with Crippen molar-refractivity contribution in [3.63, 3.8) is 0 Å². The Labute approximate surface area is 195 Å². The molecule has 1 heterocycles. The quantitative estimate of drug-likeness (QED) is 0.467. The summed E-state index contributed by atoms with van der Waals surface area (Å²) in [5.41, 5.74) is -0.641. The molecule has 1 aliphatic rings. The van der Waals surface area contributed by atoms with Crippen molar-refractivity contribution < 1.29 is 22.8 Å². The molecule has 0 atom stereocenters. The number of oxime groups is 1. The summed E-state index contributed by atoms with van der Waals surface area (Å²) in [6.45, 7) is 8.61. The molecule has 1 fully saturated rings. The van der Waals surface area contributed by atoms with Crippen molar-refractivity contribution in [3.05, 3.63) is 39.1 Å². The molecule has 0 saturated heterocycles. The predicted octanol–water partition coefficient (Wildman–Crippen LogP) is 6.11. The number of alkyl halides is 3. The van der Waals surface area contributed by atoms with Gasteiger partial charge in [-0.15, -0.1) is 0 Å². The molecule has 3 rings (SSSR count). The van der Waals surface area contributed by atoms with Crippen molar-refractivity contribution in [3.8, 4) is 5.75 Å². The third kappa shape index (κ3) is 6.52. The second-order valence-corrected chi connectivity index (χ2v) is 10.1. The largest absolute Gasteiger partial charge is 0.416 e. The summed E-state index contributed by atoms with van der Waals surface area (Å²) in [4.78, 5) is 23.0. The SMILES string of the molecule is CCCCn1nc(C(C)(C)C)sc1=NC(=O)c1cc(C(F)(F)F)ccc1ON=C1CCCC1. The van der Waals surface area contributed by atoms with E-state index in [1.165, 1.54) is 11.3 Å². The summed E-state index contributed by atoms with van der Waals surface area (Å²) in [7, 11) is 0. The topological polar surface area (TPSA) is 68.8 Å². The van der Waals surface area contributed by atoms with Crippen LogP contribution >= 0.6 is 11.3 Å². The van der Waals surface area contributed by atoms with E-state index in [9.17, 15) is 18.0 Å². The molecule has 0 unspecified atom stereocenters. The van der Waals surface area contributed by atoms with E-state index < -0.39 is 17.6 Å². The number of carbonyl (C=O) groups is 1. The molecular formula is C23H29F3N4O2S. The number of aryl methyl sites for hydroxylation is 1. The van der Waals surface area contributed by atoms with E-state index in [0.29, 0.717) is 11.3 Å². The van der Waals surface area contributed by atoms with Crippen LogP contribution in [0.3, 0.4) is 0 Å². The van der Waals surface area contributed by atoms with Gasteiger partial charge in [0.15, 0.2) is 5.75 Å². The number of unbranched alkanes of at least 4 members (excludes halogenated alkanes) is 1. The van der Waals surface area contributed by atoms with Crippen LogP contribution < -0.4 is 9.64 Å². The van der Waals surface area contributed by atoms with Gasteiger partial charge in [-0.3, -0.25) is 4.79 Å². The summed E-state index contributed by atoms with van der Waals surface area (Å²) in [6, 6.07) is 2.79. The average Bonchev–Trinajstić information content (AvgIpc) is 3.39. The molecule has 2 aromatic rings. The maximum Gasteiger partial charge on any atom is 0.416 e. The number of rotatable bonds is 6. The Morgan fingerprint density at radius 1 is 1.21 bits per heavy atom. The minimum absolute atomic E-state index is 0.0446. The van der Waals surface area contributed by atoms with E-state index in [2.05, 4.69) is 15.2 Å². The van der Waals surface area contributed by atoms with Crippen LogP contribution in [-0.4, -0.2) is 21.4 Å². The fraction of sp³-hybridized carbons (Fsp3) is 0.565. The number of hydrogen-bond donors (Lipinski definition) is 0. The van der Waals surface area contributed by atoms with Crippen LogP contribution in [0.25, 0.3) is 0 Å². The molecule has 6 nitrogen and oxygen atoms in total. The minimum atomic E-state index is -4.60. The average molecular weight is 483 g/mol. The Morgan fingerprint density at radius 2 is 1.91 bits per heavy atom. The molecule has 10 heteroatoms. The Bertz CT molecular complexity index is 1090. The molecule has 0 bridgehead atoms. The van der Waals surface area contributed by atoms with Crippen molar-refractivity contribution in [1.82, 2.24) is 9.78 Å². The summed E-state index contributed by atoms with van der Waals surface area (Å²) in [6.07, 6.45) is 0.712. The van der Waals surface area contributed by atoms with Gasteiger partial charge in [0.05, 0.1) is 16.8 Å². The van der Waals surface area contributed by atoms with E-state index in [1.54, 1.807) is 4.68 Å². The first-order valence-corrected chi connectivity index (χ1v) is 11.9. The molecule has 1 aliphatic carbocycles. The van der Waals surface area contributed by atoms with Gasteiger partial charge in [0.2, 0.25) is 4.80 Å². The van der Waals surface area contributed by atoms with Crippen LogP contribution in [0.1, 0.15) is 87.1 Å². The summed E-state index contributed by atoms with van der Waals surface area (Å²) < 4.78 is 41.7. The van der Waals surface area contributed by atoms with Crippen LogP contribution in [0, 0.1) is 0 Å². The molecule has 0 spiro atoms. The van der Waals surface area contributed by atoms with Crippen molar-refractivity contribution in [2.45, 2.75) is 84.4 Å². The summed E-state index contributed by atoms with van der Waals surface area (Å²) in [5, 5.41) is 9.44. The first kappa shape index (κ1) is 25.1. The number of nitrogens with zero attached hydrogens (tertiary/aromatic N) is 4.